The molecule has 28 heavy (non-hydrogen) atoms. The summed E-state index contributed by atoms with van der Waals surface area (Å²) >= 11 is 1.49. The summed E-state index contributed by atoms with van der Waals surface area (Å²) in [6, 6.07) is 12.9. The topological polar surface area (TPSA) is 66.8 Å². The Morgan fingerprint density at radius 1 is 1.21 bits per heavy atom. The Hall–Kier alpha value is -2.19. The molecule has 5 nitrogen and oxygen atoms in total. The van der Waals surface area contributed by atoms with E-state index in [4.69, 9.17) is 0 Å². The summed E-state index contributed by atoms with van der Waals surface area (Å²) in [6.45, 7) is 1.50. The second kappa shape index (κ2) is 7.33. The Morgan fingerprint density at radius 2 is 1.96 bits per heavy atom. The third-order valence-corrected chi connectivity index (χ3v) is 7.66. The van der Waals surface area contributed by atoms with Crippen LogP contribution in [0.1, 0.15) is 22.8 Å². The van der Waals surface area contributed by atoms with Crippen molar-refractivity contribution in [2.45, 2.75) is 24.8 Å². The summed E-state index contributed by atoms with van der Waals surface area (Å²) < 4.78 is 37.4. The number of amidine groups is 1. The molecule has 0 bridgehead atoms. The number of rotatable bonds is 4. The number of carbonyl (C=O) groups is 1. The van der Waals surface area contributed by atoms with Crippen molar-refractivity contribution < 1.29 is 17.6 Å². The molecule has 0 aromatic heterocycles. The molecule has 2 aliphatic heterocycles. The highest BCUT2D eigenvalue weighted by molar-refractivity contribution is 8.13. The van der Waals surface area contributed by atoms with E-state index in [-0.39, 0.29) is 35.2 Å². The highest BCUT2D eigenvalue weighted by atomic mass is 32.2. The van der Waals surface area contributed by atoms with Crippen LogP contribution in [0.2, 0.25) is 0 Å². The number of hydrogen-bond donors (Lipinski definition) is 0. The first-order chi connectivity index (χ1) is 13.3. The highest BCUT2D eigenvalue weighted by Gasteiger charge is 2.47. The molecule has 8 heteroatoms. The average molecular weight is 419 g/mol. The number of carbonyl (C=O) groups excluding carboxylic acids is 1. The number of hydrogen-bond acceptors (Lipinski definition) is 6. The van der Waals surface area contributed by atoms with Crippen LogP contribution in [0.15, 0.2) is 53.5 Å². The zero-order valence-electron chi connectivity index (χ0n) is 15.2. The van der Waals surface area contributed by atoms with Crippen molar-refractivity contribution in [1.82, 2.24) is 0 Å². The van der Waals surface area contributed by atoms with Crippen molar-refractivity contribution in [2.75, 3.05) is 16.4 Å². The number of ketones is 1. The lowest BCUT2D eigenvalue weighted by atomic mass is 10.1. The summed E-state index contributed by atoms with van der Waals surface area (Å²) in [7, 11) is -3.13. The Bertz CT molecular complexity index is 1050. The van der Waals surface area contributed by atoms with E-state index in [0.717, 1.165) is 16.4 Å². The molecule has 2 aromatic rings. The summed E-state index contributed by atoms with van der Waals surface area (Å²) in [5.74, 6) is 0.352. The lowest BCUT2D eigenvalue weighted by Gasteiger charge is -2.26. The predicted molar refractivity (Wildman–Crippen MR) is 110 cm³/mol. The normalized spacial score (nSPS) is 22.8. The smallest absolute Gasteiger partial charge is 0.164 e. The van der Waals surface area contributed by atoms with Crippen LogP contribution in [-0.4, -0.2) is 43.0 Å². The van der Waals surface area contributed by atoms with Crippen molar-refractivity contribution in [3.8, 4) is 0 Å². The maximum atomic E-state index is 13.1. The second-order valence-corrected chi connectivity index (χ2v) is 10.1. The molecule has 4 rings (SSSR count). The zero-order chi connectivity index (χ0) is 19.9. The molecule has 0 unspecified atom stereocenters. The van der Waals surface area contributed by atoms with E-state index in [9.17, 15) is 17.6 Å². The molecule has 0 radical (unpaired) electrons. The lowest BCUT2D eigenvalue weighted by Crippen LogP contribution is -2.39. The van der Waals surface area contributed by atoms with Crippen molar-refractivity contribution >= 4 is 38.2 Å². The molecule has 2 atom stereocenters. The number of fused-ring (bicyclic) bond motifs is 1. The number of thioether (sulfide) groups is 1. The van der Waals surface area contributed by atoms with Crippen LogP contribution in [-0.2, 0) is 15.6 Å². The summed E-state index contributed by atoms with van der Waals surface area (Å²) in [5, 5.41) is 0.731. The van der Waals surface area contributed by atoms with Gasteiger partial charge in [-0.3, -0.25) is 9.79 Å². The quantitative estimate of drug-likeness (QED) is 0.713. The Morgan fingerprint density at radius 3 is 2.68 bits per heavy atom. The number of benzene rings is 2. The van der Waals surface area contributed by atoms with Gasteiger partial charge in [0.2, 0.25) is 0 Å². The maximum absolute atomic E-state index is 13.1. The van der Waals surface area contributed by atoms with E-state index in [1.807, 2.05) is 11.0 Å². The van der Waals surface area contributed by atoms with Gasteiger partial charge in [0.1, 0.15) is 5.82 Å². The first kappa shape index (κ1) is 19.1. The van der Waals surface area contributed by atoms with Crippen LogP contribution in [0.4, 0.5) is 10.1 Å². The van der Waals surface area contributed by atoms with E-state index >= 15 is 0 Å². The minimum Gasteiger partial charge on any atom is -0.315 e. The number of sulfone groups is 1. The fourth-order valence-corrected chi connectivity index (χ4v) is 6.46. The van der Waals surface area contributed by atoms with Gasteiger partial charge >= 0.3 is 0 Å². The van der Waals surface area contributed by atoms with E-state index in [2.05, 4.69) is 4.99 Å². The van der Waals surface area contributed by atoms with Crippen LogP contribution < -0.4 is 4.90 Å². The van der Waals surface area contributed by atoms with Gasteiger partial charge in [-0.25, -0.2) is 12.8 Å². The van der Waals surface area contributed by atoms with Crippen LogP contribution in [0.3, 0.4) is 0 Å². The van der Waals surface area contributed by atoms with Gasteiger partial charge in [-0.2, -0.15) is 0 Å². The number of Topliss-reactive ketones (excluding diaryl/α,β-unsaturated/α-hetero) is 1. The number of halogens is 1. The Balaban J connectivity index is 1.64. The van der Waals surface area contributed by atoms with E-state index < -0.39 is 9.84 Å². The van der Waals surface area contributed by atoms with E-state index in [0.29, 0.717) is 11.3 Å². The molecule has 0 spiro atoms. The largest absolute Gasteiger partial charge is 0.315 e. The standard InChI is InChI=1S/C20H19FN2O3S2/c1-13(24)15-3-2-4-17(9-15)23-19-12-28(25,26)11-18(19)22-20(23)27-10-14-5-7-16(21)8-6-14/h2-9,18-19H,10-12H2,1H3/t18-,19+/m0/s1. The fourth-order valence-electron chi connectivity index (χ4n) is 3.54. The van der Waals surface area contributed by atoms with Gasteiger partial charge in [-0.05, 0) is 36.8 Å². The fraction of sp³-hybridized carbons (Fsp3) is 0.300. The van der Waals surface area contributed by atoms with Crippen molar-refractivity contribution in [3.63, 3.8) is 0 Å². The highest BCUT2D eigenvalue weighted by Crippen LogP contribution is 2.36. The average Bonchev–Trinajstić information content (AvgIpc) is 3.12. The molecular weight excluding hydrogens is 399 g/mol. The summed E-state index contributed by atoms with van der Waals surface area (Å²) in [5.41, 5.74) is 2.29. The molecule has 1 fully saturated rings. The lowest BCUT2D eigenvalue weighted by molar-refractivity contribution is 0.101. The minimum absolute atomic E-state index is 0.0428. The number of anilines is 1. The molecular formula is C20H19FN2O3S2. The molecule has 0 amide bonds. The molecule has 146 valence electrons. The Labute approximate surface area is 167 Å². The van der Waals surface area contributed by atoms with Gasteiger partial charge in [-0.15, -0.1) is 0 Å². The predicted octanol–water partition coefficient (Wildman–Crippen LogP) is 3.30. The molecule has 0 N–H and O–H groups in total. The molecule has 1 saturated heterocycles. The maximum Gasteiger partial charge on any atom is 0.164 e. The van der Waals surface area contributed by atoms with Crippen LogP contribution in [0.5, 0.6) is 0 Å². The molecule has 0 saturated carbocycles. The molecule has 0 aliphatic carbocycles. The van der Waals surface area contributed by atoms with Gasteiger partial charge < -0.3 is 4.90 Å². The molecule has 2 aromatic carbocycles. The third-order valence-electron chi connectivity index (χ3n) is 4.92. The minimum atomic E-state index is -3.13. The van der Waals surface area contributed by atoms with Gasteiger partial charge in [0, 0.05) is 17.0 Å². The van der Waals surface area contributed by atoms with Gasteiger partial charge in [-0.1, -0.05) is 36.0 Å². The summed E-state index contributed by atoms with van der Waals surface area (Å²) in [6.07, 6.45) is 0. The van der Waals surface area contributed by atoms with Gasteiger partial charge in [0.25, 0.3) is 0 Å². The van der Waals surface area contributed by atoms with Gasteiger partial charge in [0.15, 0.2) is 20.8 Å². The van der Waals surface area contributed by atoms with Gasteiger partial charge in [0.05, 0.1) is 23.6 Å². The van der Waals surface area contributed by atoms with Crippen LogP contribution >= 0.6 is 11.8 Å². The first-order valence-electron chi connectivity index (χ1n) is 8.88. The van der Waals surface area contributed by atoms with Crippen molar-refractivity contribution in [2.24, 2.45) is 4.99 Å². The Kier molecular flexibility index (Phi) is 5.01. The zero-order valence-corrected chi connectivity index (χ0v) is 16.8. The molecule has 2 aliphatic rings. The van der Waals surface area contributed by atoms with E-state index in [1.54, 1.807) is 30.3 Å². The number of aliphatic imine (C=N–C) groups is 1. The van der Waals surface area contributed by atoms with E-state index in [1.165, 1.54) is 30.8 Å². The number of nitrogens with zero attached hydrogens (tertiary/aromatic N) is 2. The van der Waals surface area contributed by atoms with Crippen molar-refractivity contribution in [1.29, 1.82) is 0 Å². The SMILES string of the molecule is CC(=O)c1cccc(N2C(SCc3ccc(F)cc3)=N[C@H]3CS(=O)(=O)C[C@H]32)c1. The third kappa shape index (κ3) is 3.84. The second-order valence-electron chi connectivity index (χ2n) is 7.01. The first-order valence-corrected chi connectivity index (χ1v) is 11.7. The monoisotopic (exact) mass is 418 g/mol. The molecule has 2 heterocycles. The van der Waals surface area contributed by atoms with Crippen molar-refractivity contribution in [3.05, 3.63) is 65.5 Å². The van der Waals surface area contributed by atoms with Crippen LogP contribution in [0, 0.1) is 5.82 Å². The van der Waals surface area contributed by atoms with Crippen LogP contribution in [0.25, 0.3) is 0 Å². The summed E-state index contributed by atoms with van der Waals surface area (Å²) in [4.78, 5) is 18.4.